The maximum Gasteiger partial charge on any atom is 0.407 e. The number of carboxylic acid groups (broad SMARTS) is 1. The Morgan fingerprint density at radius 2 is 2.00 bits per heavy atom. The lowest BCUT2D eigenvalue weighted by atomic mass is 10.2. The number of nitrogens with zero attached hydrogens (tertiary/aromatic N) is 2. The Hall–Kier alpha value is -2.37. The minimum Gasteiger partial charge on any atom is -0.465 e. The SMILES string of the molecule is O=C(/C=C/c1ccncc1)NCCC1C2CN(C(=O)O)CC12. The number of piperidine rings is 1. The molecule has 0 aromatic carbocycles. The lowest BCUT2D eigenvalue weighted by Gasteiger charge is -2.15. The van der Waals surface area contributed by atoms with Crippen LogP contribution in [0.5, 0.6) is 0 Å². The third-order valence-corrected chi connectivity index (χ3v) is 4.55. The van der Waals surface area contributed by atoms with E-state index in [0.29, 0.717) is 37.4 Å². The fourth-order valence-electron chi connectivity index (χ4n) is 3.30. The number of aromatic nitrogens is 1. The Bertz CT molecular complexity index is 576. The van der Waals surface area contributed by atoms with Crippen molar-refractivity contribution in [1.29, 1.82) is 0 Å². The van der Waals surface area contributed by atoms with Crippen molar-refractivity contribution in [1.82, 2.24) is 15.2 Å². The monoisotopic (exact) mass is 301 g/mol. The van der Waals surface area contributed by atoms with Crippen LogP contribution >= 0.6 is 0 Å². The average molecular weight is 301 g/mol. The van der Waals surface area contributed by atoms with Crippen LogP contribution in [0.1, 0.15) is 12.0 Å². The Morgan fingerprint density at radius 1 is 1.32 bits per heavy atom. The Morgan fingerprint density at radius 3 is 2.64 bits per heavy atom. The molecule has 22 heavy (non-hydrogen) atoms. The molecule has 1 aliphatic heterocycles. The number of amides is 2. The van der Waals surface area contributed by atoms with Crippen LogP contribution < -0.4 is 5.32 Å². The predicted octanol–water partition coefficient (Wildman–Crippen LogP) is 1.46. The van der Waals surface area contributed by atoms with E-state index in [9.17, 15) is 9.59 Å². The first-order valence-electron chi connectivity index (χ1n) is 7.49. The summed E-state index contributed by atoms with van der Waals surface area (Å²) < 4.78 is 0. The number of fused-ring (bicyclic) bond motifs is 1. The Kier molecular flexibility index (Phi) is 4.09. The van der Waals surface area contributed by atoms with Gasteiger partial charge in [-0.2, -0.15) is 0 Å². The van der Waals surface area contributed by atoms with Gasteiger partial charge in [0, 0.05) is 38.1 Å². The zero-order chi connectivity index (χ0) is 15.5. The van der Waals surface area contributed by atoms with Crippen molar-refractivity contribution in [2.45, 2.75) is 6.42 Å². The van der Waals surface area contributed by atoms with Gasteiger partial charge in [0.2, 0.25) is 5.91 Å². The van der Waals surface area contributed by atoms with Crippen LogP contribution in [0.3, 0.4) is 0 Å². The molecule has 1 aromatic heterocycles. The summed E-state index contributed by atoms with van der Waals surface area (Å²) in [4.78, 5) is 27.9. The topological polar surface area (TPSA) is 82.5 Å². The molecule has 1 saturated heterocycles. The zero-order valence-electron chi connectivity index (χ0n) is 12.2. The molecule has 2 unspecified atom stereocenters. The van der Waals surface area contributed by atoms with Gasteiger partial charge in [0.25, 0.3) is 0 Å². The van der Waals surface area contributed by atoms with Gasteiger partial charge in [0.1, 0.15) is 0 Å². The third-order valence-electron chi connectivity index (χ3n) is 4.55. The fourth-order valence-corrected chi connectivity index (χ4v) is 3.30. The van der Waals surface area contributed by atoms with Crippen molar-refractivity contribution in [2.75, 3.05) is 19.6 Å². The van der Waals surface area contributed by atoms with Crippen molar-refractivity contribution in [3.8, 4) is 0 Å². The quantitative estimate of drug-likeness (QED) is 0.807. The minimum atomic E-state index is -0.819. The molecule has 2 heterocycles. The highest BCUT2D eigenvalue weighted by atomic mass is 16.4. The first kappa shape index (κ1) is 14.6. The van der Waals surface area contributed by atoms with Crippen molar-refractivity contribution < 1.29 is 14.7 Å². The molecule has 2 N–H and O–H groups in total. The van der Waals surface area contributed by atoms with Crippen LogP contribution in [0.25, 0.3) is 6.08 Å². The Balaban J connectivity index is 1.34. The van der Waals surface area contributed by atoms with E-state index in [-0.39, 0.29) is 5.91 Å². The number of hydrogen-bond donors (Lipinski definition) is 2. The van der Waals surface area contributed by atoms with Gasteiger partial charge in [0.15, 0.2) is 0 Å². The third kappa shape index (κ3) is 3.27. The molecule has 2 aliphatic rings. The molecule has 2 atom stereocenters. The summed E-state index contributed by atoms with van der Waals surface area (Å²) in [5, 5.41) is 11.8. The van der Waals surface area contributed by atoms with Crippen LogP contribution in [0.4, 0.5) is 4.79 Å². The molecule has 2 amide bonds. The number of carbonyl (C=O) groups excluding carboxylic acids is 1. The van der Waals surface area contributed by atoms with Gasteiger partial charge in [-0.25, -0.2) is 4.79 Å². The van der Waals surface area contributed by atoms with E-state index in [1.807, 2.05) is 12.1 Å². The summed E-state index contributed by atoms with van der Waals surface area (Å²) in [6, 6.07) is 3.67. The molecule has 2 fully saturated rings. The summed E-state index contributed by atoms with van der Waals surface area (Å²) >= 11 is 0. The van der Waals surface area contributed by atoms with Crippen LogP contribution in [0.15, 0.2) is 30.6 Å². The van der Waals surface area contributed by atoms with Crippen LogP contribution in [-0.2, 0) is 4.79 Å². The van der Waals surface area contributed by atoms with Crippen molar-refractivity contribution in [2.24, 2.45) is 17.8 Å². The number of carbonyl (C=O) groups is 2. The van der Waals surface area contributed by atoms with E-state index in [2.05, 4.69) is 10.3 Å². The van der Waals surface area contributed by atoms with E-state index in [1.165, 1.54) is 11.0 Å². The highest BCUT2D eigenvalue weighted by Gasteiger charge is 2.55. The van der Waals surface area contributed by atoms with Gasteiger partial charge in [-0.3, -0.25) is 9.78 Å². The first-order valence-corrected chi connectivity index (χ1v) is 7.49. The number of nitrogens with one attached hydrogen (secondary N) is 1. The second kappa shape index (κ2) is 6.17. The van der Waals surface area contributed by atoms with Crippen molar-refractivity contribution >= 4 is 18.1 Å². The largest absolute Gasteiger partial charge is 0.465 e. The molecule has 3 rings (SSSR count). The molecular weight excluding hydrogens is 282 g/mol. The van der Waals surface area contributed by atoms with E-state index >= 15 is 0 Å². The van der Waals surface area contributed by atoms with E-state index in [0.717, 1.165) is 12.0 Å². The normalized spacial score (nSPS) is 26.0. The second-order valence-corrected chi connectivity index (χ2v) is 5.87. The van der Waals surface area contributed by atoms with Crippen molar-refractivity contribution in [3.63, 3.8) is 0 Å². The van der Waals surface area contributed by atoms with E-state index < -0.39 is 6.09 Å². The van der Waals surface area contributed by atoms with Gasteiger partial charge in [-0.05, 0) is 47.9 Å². The molecule has 0 spiro atoms. The number of likely N-dealkylation sites (tertiary alicyclic amines) is 1. The van der Waals surface area contributed by atoms with Gasteiger partial charge in [-0.1, -0.05) is 0 Å². The molecule has 116 valence electrons. The number of rotatable bonds is 5. The molecular formula is C16H19N3O3. The zero-order valence-corrected chi connectivity index (χ0v) is 12.2. The number of pyridine rings is 1. The molecule has 6 nitrogen and oxygen atoms in total. The van der Waals surface area contributed by atoms with Gasteiger partial charge >= 0.3 is 6.09 Å². The predicted molar refractivity (Wildman–Crippen MR) is 81.0 cm³/mol. The smallest absolute Gasteiger partial charge is 0.407 e. The molecule has 1 aromatic rings. The van der Waals surface area contributed by atoms with Gasteiger partial charge in [0.05, 0.1) is 0 Å². The van der Waals surface area contributed by atoms with Crippen LogP contribution in [-0.4, -0.2) is 46.6 Å². The summed E-state index contributed by atoms with van der Waals surface area (Å²) in [7, 11) is 0. The fraction of sp³-hybridized carbons (Fsp3) is 0.438. The van der Waals surface area contributed by atoms with Crippen molar-refractivity contribution in [3.05, 3.63) is 36.2 Å². The summed E-state index contributed by atoms with van der Waals surface area (Å²) in [5.41, 5.74) is 0.940. The second-order valence-electron chi connectivity index (χ2n) is 5.87. The summed E-state index contributed by atoms with van der Waals surface area (Å²) in [5.74, 6) is 1.47. The maximum absolute atomic E-state index is 11.7. The lowest BCUT2D eigenvalue weighted by molar-refractivity contribution is -0.116. The van der Waals surface area contributed by atoms with Crippen LogP contribution in [0, 0.1) is 17.8 Å². The molecule has 1 saturated carbocycles. The van der Waals surface area contributed by atoms with Crippen LogP contribution in [0.2, 0.25) is 0 Å². The standard InChI is InChI=1S/C16H19N3O3/c20-15(2-1-11-3-6-17-7-4-11)18-8-5-12-13-9-19(16(21)22)10-14(12)13/h1-4,6-7,12-14H,5,8-10H2,(H,18,20)(H,21,22)/b2-1+. The number of hydrogen-bond acceptors (Lipinski definition) is 3. The maximum atomic E-state index is 11.7. The average Bonchev–Trinajstić information content (AvgIpc) is 2.96. The van der Waals surface area contributed by atoms with E-state index in [1.54, 1.807) is 18.5 Å². The molecule has 0 bridgehead atoms. The lowest BCUT2D eigenvalue weighted by Crippen LogP contribution is -2.30. The first-order chi connectivity index (χ1) is 10.6. The summed E-state index contributed by atoms with van der Waals surface area (Å²) in [6.07, 6.45) is 6.76. The highest BCUT2D eigenvalue weighted by Crippen LogP contribution is 2.53. The molecule has 1 aliphatic carbocycles. The minimum absolute atomic E-state index is 0.102. The molecule has 6 heteroatoms. The van der Waals surface area contributed by atoms with Gasteiger partial charge < -0.3 is 15.3 Å². The van der Waals surface area contributed by atoms with Gasteiger partial charge in [-0.15, -0.1) is 0 Å². The molecule has 0 radical (unpaired) electrons. The Labute approximate surface area is 128 Å². The summed E-state index contributed by atoms with van der Waals surface area (Å²) in [6.45, 7) is 1.95. The highest BCUT2D eigenvalue weighted by molar-refractivity contribution is 5.91. The van der Waals surface area contributed by atoms with E-state index in [4.69, 9.17) is 5.11 Å².